The first kappa shape index (κ1) is 18.6. The number of nitro groups is 1. The van der Waals surface area contributed by atoms with E-state index in [1.165, 1.54) is 0 Å². The minimum absolute atomic E-state index is 0. The van der Waals surface area contributed by atoms with Crippen LogP contribution in [0.4, 0.5) is 5.69 Å². The van der Waals surface area contributed by atoms with Gasteiger partial charge in [-0.3, -0.25) is 15.0 Å². The third kappa shape index (κ3) is 5.24. The van der Waals surface area contributed by atoms with Crippen LogP contribution in [0.3, 0.4) is 0 Å². The molecule has 0 bridgehead atoms. The SMILES string of the molecule is Cl.Cl.O=[N+]([O-])c1cc(CN2CCNCC2)ccc1Br. The fourth-order valence-electron chi connectivity index (χ4n) is 1.92. The van der Waals surface area contributed by atoms with Crippen LogP contribution in [0.5, 0.6) is 0 Å². The van der Waals surface area contributed by atoms with Crippen LogP contribution in [0, 0.1) is 10.1 Å². The van der Waals surface area contributed by atoms with Crippen LogP contribution in [0.25, 0.3) is 0 Å². The molecule has 0 radical (unpaired) electrons. The first-order chi connectivity index (χ1) is 8.16. The lowest BCUT2D eigenvalue weighted by atomic mass is 10.2. The predicted molar refractivity (Wildman–Crippen MR) is 83.4 cm³/mol. The van der Waals surface area contributed by atoms with Crippen LogP contribution in [-0.4, -0.2) is 36.0 Å². The molecule has 1 aliphatic heterocycles. The highest BCUT2D eigenvalue weighted by Crippen LogP contribution is 2.26. The molecule has 1 fully saturated rings. The molecule has 1 saturated heterocycles. The van der Waals surface area contributed by atoms with Crippen LogP contribution >= 0.6 is 40.7 Å². The van der Waals surface area contributed by atoms with Gasteiger partial charge in [-0.2, -0.15) is 0 Å². The molecule has 2 rings (SSSR count). The van der Waals surface area contributed by atoms with Crippen molar-refractivity contribution in [3.8, 4) is 0 Å². The molecule has 0 amide bonds. The van der Waals surface area contributed by atoms with Crippen molar-refractivity contribution in [3.05, 3.63) is 38.3 Å². The molecule has 1 heterocycles. The van der Waals surface area contributed by atoms with Gasteiger partial charge in [0.2, 0.25) is 0 Å². The Morgan fingerprint density at radius 1 is 1.32 bits per heavy atom. The number of benzene rings is 1. The van der Waals surface area contributed by atoms with E-state index in [0.29, 0.717) is 4.47 Å². The molecular formula is C11H16BrCl2N3O2. The summed E-state index contributed by atoms with van der Waals surface area (Å²) >= 11 is 3.19. The van der Waals surface area contributed by atoms with Crippen molar-refractivity contribution in [3.63, 3.8) is 0 Å². The lowest BCUT2D eigenvalue weighted by molar-refractivity contribution is -0.385. The molecule has 1 aromatic carbocycles. The Kier molecular flexibility index (Phi) is 8.52. The highest BCUT2D eigenvalue weighted by Gasteiger charge is 2.15. The molecule has 1 aliphatic rings. The van der Waals surface area contributed by atoms with Crippen molar-refractivity contribution in [1.29, 1.82) is 0 Å². The lowest BCUT2D eigenvalue weighted by Crippen LogP contribution is -2.42. The quantitative estimate of drug-likeness (QED) is 0.654. The first-order valence-corrected chi connectivity index (χ1v) is 6.32. The normalized spacial score (nSPS) is 15.2. The number of piperazine rings is 1. The van der Waals surface area contributed by atoms with Gasteiger partial charge < -0.3 is 5.32 Å². The summed E-state index contributed by atoms with van der Waals surface area (Å²) in [7, 11) is 0. The largest absolute Gasteiger partial charge is 0.314 e. The maximum absolute atomic E-state index is 10.8. The van der Waals surface area contributed by atoms with Crippen molar-refractivity contribution in [2.24, 2.45) is 0 Å². The van der Waals surface area contributed by atoms with E-state index >= 15 is 0 Å². The maximum atomic E-state index is 10.8. The van der Waals surface area contributed by atoms with Crippen LogP contribution in [0.15, 0.2) is 22.7 Å². The number of nitrogens with zero attached hydrogens (tertiary/aromatic N) is 2. The number of hydrogen-bond acceptors (Lipinski definition) is 4. The van der Waals surface area contributed by atoms with Crippen LogP contribution in [-0.2, 0) is 6.54 Å². The van der Waals surface area contributed by atoms with Gasteiger partial charge in [0, 0.05) is 38.8 Å². The van der Waals surface area contributed by atoms with E-state index in [1.54, 1.807) is 12.1 Å². The van der Waals surface area contributed by atoms with Crippen molar-refractivity contribution in [2.75, 3.05) is 26.2 Å². The third-order valence-electron chi connectivity index (χ3n) is 2.82. The van der Waals surface area contributed by atoms with Gasteiger partial charge in [-0.05, 0) is 27.6 Å². The summed E-state index contributed by atoms with van der Waals surface area (Å²) in [6, 6.07) is 5.32. The predicted octanol–water partition coefficient (Wildman–Crippen LogP) is 2.61. The average molecular weight is 373 g/mol. The summed E-state index contributed by atoms with van der Waals surface area (Å²) in [6.07, 6.45) is 0. The van der Waals surface area contributed by atoms with Gasteiger partial charge >= 0.3 is 0 Å². The van der Waals surface area contributed by atoms with Crippen molar-refractivity contribution in [2.45, 2.75) is 6.54 Å². The summed E-state index contributed by atoms with van der Waals surface area (Å²) in [6.45, 7) is 4.72. The van der Waals surface area contributed by atoms with E-state index in [1.807, 2.05) is 6.07 Å². The Hall–Kier alpha value is -0.400. The topological polar surface area (TPSA) is 58.4 Å². The fraction of sp³-hybridized carbons (Fsp3) is 0.455. The molecule has 108 valence electrons. The van der Waals surface area contributed by atoms with Crippen LogP contribution in [0.2, 0.25) is 0 Å². The molecule has 1 aromatic rings. The van der Waals surface area contributed by atoms with E-state index in [4.69, 9.17) is 0 Å². The molecular weight excluding hydrogens is 357 g/mol. The summed E-state index contributed by atoms with van der Waals surface area (Å²) in [5.41, 5.74) is 1.12. The summed E-state index contributed by atoms with van der Waals surface area (Å²) in [5.74, 6) is 0. The average Bonchev–Trinajstić information content (AvgIpc) is 2.32. The molecule has 0 saturated carbocycles. The zero-order valence-corrected chi connectivity index (χ0v) is 13.4. The summed E-state index contributed by atoms with van der Waals surface area (Å²) in [5, 5.41) is 14.1. The third-order valence-corrected chi connectivity index (χ3v) is 3.49. The van der Waals surface area contributed by atoms with Gasteiger partial charge in [0.05, 0.1) is 9.40 Å². The zero-order valence-electron chi connectivity index (χ0n) is 10.2. The van der Waals surface area contributed by atoms with Gasteiger partial charge in [-0.1, -0.05) is 6.07 Å². The van der Waals surface area contributed by atoms with Gasteiger partial charge in [0.15, 0.2) is 0 Å². The Labute approximate surface area is 132 Å². The Morgan fingerprint density at radius 2 is 1.95 bits per heavy atom. The molecule has 8 heteroatoms. The molecule has 0 aliphatic carbocycles. The van der Waals surface area contributed by atoms with E-state index in [2.05, 4.69) is 26.1 Å². The molecule has 0 aromatic heterocycles. The highest BCUT2D eigenvalue weighted by atomic mass is 79.9. The molecule has 19 heavy (non-hydrogen) atoms. The molecule has 0 atom stereocenters. The van der Waals surface area contributed by atoms with Gasteiger partial charge in [-0.15, -0.1) is 24.8 Å². The van der Waals surface area contributed by atoms with Gasteiger partial charge in [0.25, 0.3) is 5.69 Å². The Balaban J connectivity index is 0.00000162. The Bertz CT molecular complexity index is 428. The maximum Gasteiger partial charge on any atom is 0.283 e. The molecule has 0 spiro atoms. The smallest absolute Gasteiger partial charge is 0.283 e. The zero-order chi connectivity index (χ0) is 12.3. The summed E-state index contributed by atoms with van der Waals surface area (Å²) in [4.78, 5) is 12.8. The monoisotopic (exact) mass is 371 g/mol. The van der Waals surface area contributed by atoms with Crippen molar-refractivity contribution in [1.82, 2.24) is 10.2 Å². The molecule has 1 N–H and O–H groups in total. The second kappa shape index (κ2) is 8.71. The minimum atomic E-state index is -0.356. The number of rotatable bonds is 3. The minimum Gasteiger partial charge on any atom is -0.314 e. The second-order valence-electron chi connectivity index (χ2n) is 4.07. The fourth-order valence-corrected chi connectivity index (χ4v) is 2.32. The Morgan fingerprint density at radius 3 is 2.53 bits per heavy atom. The van der Waals surface area contributed by atoms with E-state index < -0.39 is 0 Å². The highest BCUT2D eigenvalue weighted by molar-refractivity contribution is 9.10. The lowest BCUT2D eigenvalue weighted by Gasteiger charge is -2.27. The summed E-state index contributed by atoms with van der Waals surface area (Å²) < 4.78 is 0.534. The van der Waals surface area contributed by atoms with E-state index in [9.17, 15) is 10.1 Å². The number of nitrogens with one attached hydrogen (secondary N) is 1. The second-order valence-corrected chi connectivity index (χ2v) is 4.92. The van der Waals surface area contributed by atoms with Gasteiger partial charge in [-0.25, -0.2) is 0 Å². The van der Waals surface area contributed by atoms with E-state index in [0.717, 1.165) is 38.3 Å². The number of halogens is 3. The van der Waals surface area contributed by atoms with E-state index in [-0.39, 0.29) is 35.4 Å². The van der Waals surface area contributed by atoms with Crippen molar-refractivity contribution < 1.29 is 4.92 Å². The molecule has 0 unspecified atom stereocenters. The first-order valence-electron chi connectivity index (χ1n) is 5.53. The number of nitro benzene ring substituents is 1. The van der Waals surface area contributed by atoms with Crippen LogP contribution < -0.4 is 5.32 Å². The number of hydrogen-bond donors (Lipinski definition) is 1. The standard InChI is InChI=1S/C11H14BrN3O2.2ClH/c12-10-2-1-9(7-11(10)15(16)17)8-14-5-3-13-4-6-14;;/h1-2,7,13H,3-6,8H2;2*1H. The van der Waals surface area contributed by atoms with Crippen LogP contribution in [0.1, 0.15) is 5.56 Å². The van der Waals surface area contributed by atoms with Crippen molar-refractivity contribution >= 4 is 46.4 Å². The van der Waals surface area contributed by atoms with Gasteiger partial charge in [0.1, 0.15) is 0 Å². The molecule has 5 nitrogen and oxygen atoms in total.